The predicted octanol–water partition coefficient (Wildman–Crippen LogP) is 6.64. The molecule has 0 aliphatic heterocycles. The lowest BCUT2D eigenvalue weighted by Crippen LogP contribution is -1.81. The van der Waals surface area contributed by atoms with Gasteiger partial charge in [-0.25, -0.2) is 0 Å². The first-order valence-electron chi connectivity index (χ1n) is 5.78. The third-order valence-corrected chi connectivity index (χ3v) is 4.58. The maximum absolute atomic E-state index is 3.54. The molecule has 0 unspecified atom stereocenters. The monoisotopic (exact) mass is 486 g/mol. The molecule has 0 N–H and O–H groups in total. The van der Waals surface area contributed by atoms with E-state index in [1.165, 1.54) is 25.5 Å². The van der Waals surface area contributed by atoms with Gasteiger partial charge in [0.25, 0.3) is 0 Å². The van der Waals surface area contributed by atoms with E-state index in [1.807, 2.05) is 6.07 Å². The van der Waals surface area contributed by atoms with Gasteiger partial charge in [0.05, 0.1) is 0 Å². The summed E-state index contributed by atoms with van der Waals surface area (Å²) in [5.41, 5.74) is 2.44. The Morgan fingerprint density at radius 3 is 2.00 bits per heavy atom. The van der Waals surface area contributed by atoms with Crippen molar-refractivity contribution in [1.82, 2.24) is 0 Å². The Bertz CT molecular complexity index is 746. The van der Waals surface area contributed by atoms with E-state index >= 15 is 0 Å². The number of fused-ring (bicyclic) bond motifs is 1. The highest BCUT2D eigenvalue weighted by Crippen LogP contribution is 2.30. The molecule has 0 nitrogen and oxygen atoms in total. The highest BCUT2D eigenvalue weighted by Gasteiger charge is 2.03. The van der Waals surface area contributed by atoms with Crippen LogP contribution in [-0.2, 0) is 0 Å². The predicted molar refractivity (Wildman–Crippen MR) is 97.5 cm³/mol. The molecule has 0 aliphatic carbocycles. The lowest BCUT2D eigenvalue weighted by atomic mass is 10.0. The Morgan fingerprint density at radius 1 is 0.632 bits per heavy atom. The molecule has 3 rings (SSSR count). The van der Waals surface area contributed by atoms with Gasteiger partial charge in [-0.2, -0.15) is 0 Å². The van der Waals surface area contributed by atoms with Crippen molar-refractivity contribution in [2.45, 2.75) is 0 Å². The molecule has 3 aromatic carbocycles. The molecule has 0 bridgehead atoms. The van der Waals surface area contributed by atoms with Crippen molar-refractivity contribution in [3.63, 3.8) is 0 Å². The standard InChI is InChI=1S/C16H9Br2I/c17-14-6-13(7-15(18)9-14)11-1-2-12-8-16(19)4-3-10(12)5-11/h1-9H. The van der Waals surface area contributed by atoms with Crippen molar-refractivity contribution in [3.8, 4) is 11.1 Å². The molecule has 0 amide bonds. The second-order valence-corrected chi connectivity index (χ2v) is 7.44. The highest BCUT2D eigenvalue weighted by molar-refractivity contribution is 14.1. The second kappa shape index (κ2) is 5.54. The SMILES string of the molecule is Brc1cc(Br)cc(-c2ccc3cc(I)ccc3c2)c1. The maximum Gasteiger partial charge on any atom is 0.0192 e. The van der Waals surface area contributed by atoms with E-state index in [-0.39, 0.29) is 0 Å². The first kappa shape index (κ1) is 13.6. The van der Waals surface area contributed by atoms with Gasteiger partial charge in [-0.3, -0.25) is 0 Å². The topological polar surface area (TPSA) is 0 Å². The summed E-state index contributed by atoms with van der Waals surface area (Å²) in [6.07, 6.45) is 0. The first-order valence-corrected chi connectivity index (χ1v) is 8.44. The van der Waals surface area contributed by atoms with Crippen molar-refractivity contribution in [3.05, 3.63) is 67.1 Å². The highest BCUT2D eigenvalue weighted by atomic mass is 127. The van der Waals surface area contributed by atoms with Crippen LogP contribution in [0.4, 0.5) is 0 Å². The van der Waals surface area contributed by atoms with Crippen LogP contribution in [0.25, 0.3) is 21.9 Å². The van der Waals surface area contributed by atoms with E-state index in [1.54, 1.807) is 0 Å². The molecular weight excluding hydrogens is 479 g/mol. The fourth-order valence-electron chi connectivity index (χ4n) is 2.12. The van der Waals surface area contributed by atoms with Crippen LogP contribution in [0.2, 0.25) is 0 Å². The average Bonchev–Trinajstić information content (AvgIpc) is 2.37. The molecule has 0 aliphatic rings. The van der Waals surface area contributed by atoms with Crippen LogP contribution in [0.3, 0.4) is 0 Å². The largest absolute Gasteiger partial charge is 0.0537 e. The molecule has 19 heavy (non-hydrogen) atoms. The van der Waals surface area contributed by atoms with Crippen LogP contribution in [0.5, 0.6) is 0 Å². The Kier molecular flexibility index (Phi) is 3.96. The van der Waals surface area contributed by atoms with Gasteiger partial charge in [0, 0.05) is 12.5 Å². The van der Waals surface area contributed by atoms with Gasteiger partial charge in [0.1, 0.15) is 0 Å². The second-order valence-electron chi connectivity index (χ2n) is 4.36. The molecule has 0 saturated heterocycles. The molecule has 0 radical (unpaired) electrons. The zero-order valence-electron chi connectivity index (χ0n) is 9.83. The number of rotatable bonds is 1. The van der Waals surface area contributed by atoms with Crippen molar-refractivity contribution in [2.75, 3.05) is 0 Å². The lowest BCUT2D eigenvalue weighted by molar-refractivity contribution is 1.57. The van der Waals surface area contributed by atoms with Crippen molar-refractivity contribution >= 4 is 65.2 Å². The molecule has 0 aromatic heterocycles. The van der Waals surface area contributed by atoms with Crippen LogP contribution in [0.1, 0.15) is 0 Å². The summed E-state index contributed by atoms with van der Waals surface area (Å²) in [5, 5.41) is 2.55. The zero-order chi connectivity index (χ0) is 13.4. The van der Waals surface area contributed by atoms with E-state index in [9.17, 15) is 0 Å². The Hall–Kier alpha value is -0.390. The quantitative estimate of drug-likeness (QED) is 0.338. The van der Waals surface area contributed by atoms with Crippen LogP contribution in [-0.4, -0.2) is 0 Å². The van der Waals surface area contributed by atoms with Gasteiger partial charge >= 0.3 is 0 Å². The number of hydrogen-bond acceptors (Lipinski definition) is 0. The van der Waals surface area contributed by atoms with Gasteiger partial charge in [0.2, 0.25) is 0 Å². The van der Waals surface area contributed by atoms with Gasteiger partial charge in [0.15, 0.2) is 0 Å². The molecule has 0 fully saturated rings. The van der Waals surface area contributed by atoms with Crippen LogP contribution in [0.15, 0.2) is 63.5 Å². The van der Waals surface area contributed by atoms with Crippen molar-refractivity contribution in [2.24, 2.45) is 0 Å². The van der Waals surface area contributed by atoms with Gasteiger partial charge in [-0.05, 0) is 80.9 Å². The third kappa shape index (κ3) is 3.03. The smallest absolute Gasteiger partial charge is 0.0192 e. The summed E-state index contributed by atoms with van der Waals surface area (Å²) in [6.45, 7) is 0. The van der Waals surface area contributed by atoms with E-state index in [0.717, 1.165) is 8.95 Å². The van der Waals surface area contributed by atoms with Crippen molar-refractivity contribution < 1.29 is 0 Å². The average molecular weight is 488 g/mol. The van der Waals surface area contributed by atoms with E-state index in [4.69, 9.17) is 0 Å². The minimum absolute atomic E-state index is 1.08. The molecule has 3 heteroatoms. The van der Waals surface area contributed by atoms with Gasteiger partial charge in [-0.15, -0.1) is 0 Å². The van der Waals surface area contributed by atoms with E-state index in [0.29, 0.717) is 0 Å². The normalized spacial score (nSPS) is 10.9. The zero-order valence-corrected chi connectivity index (χ0v) is 15.2. The van der Waals surface area contributed by atoms with Crippen LogP contribution >= 0.6 is 54.5 Å². The summed E-state index contributed by atoms with van der Waals surface area (Å²) in [6, 6.07) is 19.4. The number of halogens is 3. The molecule has 0 atom stereocenters. The van der Waals surface area contributed by atoms with E-state index < -0.39 is 0 Å². The fraction of sp³-hybridized carbons (Fsp3) is 0. The molecule has 0 spiro atoms. The Labute approximate surface area is 142 Å². The summed E-state index contributed by atoms with van der Waals surface area (Å²) in [7, 11) is 0. The molecule has 0 heterocycles. The first-order chi connectivity index (χ1) is 9.11. The van der Waals surface area contributed by atoms with Crippen LogP contribution in [0, 0.1) is 3.57 Å². The number of benzene rings is 3. The molecule has 0 saturated carbocycles. The Balaban J connectivity index is 2.17. The minimum atomic E-state index is 1.08. The third-order valence-electron chi connectivity index (χ3n) is 3.00. The van der Waals surface area contributed by atoms with Gasteiger partial charge in [-0.1, -0.05) is 50.1 Å². The molecule has 3 aromatic rings. The maximum atomic E-state index is 3.54. The minimum Gasteiger partial charge on any atom is -0.0537 e. The summed E-state index contributed by atoms with van der Waals surface area (Å²) in [4.78, 5) is 0. The van der Waals surface area contributed by atoms with Crippen molar-refractivity contribution in [1.29, 1.82) is 0 Å². The molecule has 94 valence electrons. The van der Waals surface area contributed by atoms with Gasteiger partial charge < -0.3 is 0 Å². The summed E-state index contributed by atoms with van der Waals surface area (Å²) >= 11 is 9.42. The number of hydrogen-bond donors (Lipinski definition) is 0. The van der Waals surface area contributed by atoms with Crippen LogP contribution < -0.4 is 0 Å². The summed E-state index contributed by atoms with van der Waals surface area (Å²) in [5.74, 6) is 0. The van der Waals surface area contributed by atoms with E-state index in [2.05, 4.69) is 103 Å². The molecular formula is C16H9Br2I. The lowest BCUT2D eigenvalue weighted by Gasteiger charge is -2.06. The fourth-order valence-corrected chi connectivity index (χ4v) is 3.93. The Morgan fingerprint density at radius 2 is 1.26 bits per heavy atom. The summed E-state index contributed by atoms with van der Waals surface area (Å²) < 4.78 is 3.43.